The summed E-state index contributed by atoms with van der Waals surface area (Å²) < 4.78 is 10.6. The van der Waals surface area contributed by atoms with E-state index >= 15 is 0 Å². The third-order valence-corrected chi connectivity index (χ3v) is 5.46. The number of halogens is 1. The first kappa shape index (κ1) is 21.6. The van der Waals surface area contributed by atoms with Crippen molar-refractivity contribution in [1.29, 1.82) is 0 Å². The molecule has 4 aromatic rings. The van der Waals surface area contributed by atoms with Gasteiger partial charge in [0.05, 0.1) is 25.3 Å². The summed E-state index contributed by atoms with van der Waals surface area (Å²) in [5.74, 6) is 1.35. The molecule has 162 valence electrons. The Balaban J connectivity index is 1.69. The van der Waals surface area contributed by atoms with Gasteiger partial charge in [-0.25, -0.2) is 4.98 Å². The SMILES string of the molecule is COc1ccc(CN(Cc2cc3cc(OC)ccc3nc2Cl)C(=O)c2cccnc2)cc1. The lowest BCUT2D eigenvalue weighted by Gasteiger charge is -2.24. The van der Waals surface area contributed by atoms with Gasteiger partial charge in [0.15, 0.2) is 0 Å². The molecule has 2 heterocycles. The number of methoxy groups -OCH3 is 2. The van der Waals surface area contributed by atoms with E-state index in [1.807, 2.05) is 48.5 Å². The second-order valence-corrected chi connectivity index (χ2v) is 7.61. The van der Waals surface area contributed by atoms with Crippen LogP contribution in [-0.4, -0.2) is 35.0 Å². The Morgan fingerprint density at radius 2 is 1.72 bits per heavy atom. The molecule has 0 saturated carbocycles. The molecule has 2 aromatic heterocycles. The van der Waals surface area contributed by atoms with Crippen LogP contribution in [0.4, 0.5) is 0 Å². The number of nitrogens with zero attached hydrogens (tertiary/aromatic N) is 3. The normalized spacial score (nSPS) is 10.7. The Labute approximate surface area is 191 Å². The Kier molecular flexibility index (Phi) is 6.52. The van der Waals surface area contributed by atoms with Crippen LogP contribution >= 0.6 is 11.6 Å². The number of hydrogen-bond acceptors (Lipinski definition) is 5. The number of aromatic nitrogens is 2. The average Bonchev–Trinajstić information content (AvgIpc) is 2.84. The molecule has 0 radical (unpaired) electrons. The fraction of sp³-hybridized carbons (Fsp3) is 0.160. The predicted octanol–water partition coefficient (Wildman–Crippen LogP) is 5.14. The van der Waals surface area contributed by atoms with Crippen LogP contribution in [-0.2, 0) is 13.1 Å². The van der Waals surface area contributed by atoms with Crippen LogP contribution in [0.25, 0.3) is 10.9 Å². The van der Waals surface area contributed by atoms with Crippen molar-refractivity contribution in [2.24, 2.45) is 0 Å². The second kappa shape index (κ2) is 9.66. The van der Waals surface area contributed by atoms with Gasteiger partial charge in [-0.2, -0.15) is 0 Å². The highest BCUT2D eigenvalue weighted by Crippen LogP contribution is 2.26. The predicted molar refractivity (Wildman–Crippen MR) is 124 cm³/mol. The summed E-state index contributed by atoms with van der Waals surface area (Å²) in [5.41, 5.74) is 2.99. The number of amides is 1. The first-order valence-corrected chi connectivity index (χ1v) is 10.4. The standard InChI is InChI=1S/C25H22ClN3O3/c1-31-21-7-5-17(6-8-21)15-29(25(30)18-4-3-11-27-14-18)16-20-12-19-13-22(32-2)9-10-23(19)28-24(20)26/h3-14H,15-16H2,1-2H3. The number of hydrogen-bond donors (Lipinski definition) is 0. The number of carbonyl (C=O) groups excluding carboxylic acids is 1. The Bertz CT molecular complexity index is 1230. The summed E-state index contributed by atoms with van der Waals surface area (Å²) in [6.07, 6.45) is 3.20. The number of benzene rings is 2. The minimum absolute atomic E-state index is 0.143. The maximum absolute atomic E-state index is 13.3. The summed E-state index contributed by atoms with van der Waals surface area (Å²) in [6.45, 7) is 0.683. The summed E-state index contributed by atoms with van der Waals surface area (Å²) in [4.78, 5) is 23.7. The molecule has 0 bridgehead atoms. The molecule has 0 spiro atoms. The molecule has 4 rings (SSSR count). The number of pyridine rings is 2. The van der Waals surface area contributed by atoms with Crippen molar-refractivity contribution < 1.29 is 14.3 Å². The van der Waals surface area contributed by atoms with Crippen LogP contribution in [0.3, 0.4) is 0 Å². The van der Waals surface area contributed by atoms with Gasteiger partial charge in [0.25, 0.3) is 5.91 Å². The van der Waals surface area contributed by atoms with Gasteiger partial charge in [0.2, 0.25) is 0 Å². The van der Waals surface area contributed by atoms with Crippen molar-refractivity contribution in [3.63, 3.8) is 0 Å². The van der Waals surface area contributed by atoms with Crippen LogP contribution in [0.5, 0.6) is 11.5 Å². The highest BCUT2D eigenvalue weighted by Gasteiger charge is 2.19. The molecule has 0 aliphatic heterocycles. The molecule has 0 fully saturated rings. The molecule has 0 atom stereocenters. The summed E-state index contributed by atoms with van der Waals surface area (Å²) in [6, 6.07) is 18.7. The van der Waals surface area contributed by atoms with Crippen LogP contribution in [0.15, 0.2) is 73.1 Å². The molecule has 0 unspecified atom stereocenters. The summed E-state index contributed by atoms with van der Waals surface area (Å²) in [7, 11) is 3.24. The molecular weight excluding hydrogens is 426 g/mol. The van der Waals surface area contributed by atoms with E-state index < -0.39 is 0 Å². The first-order chi connectivity index (χ1) is 15.6. The van der Waals surface area contributed by atoms with Crippen molar-refractivity contribution in [3.05, 3.63) is 94.9 Å². The quantitative estimate of drug-likeness (QED) is 0.367. The Morgan fingerprint density at radius 3 is 2.41 bits per heavy atom. The van der Waals surface area contributed by atoms with Gasteiger partial charge in [-0.3, -0.25) is 9.78 Å². The topological polar surface area (TPSA) is 64.6 Å². The van der Waals surface area contributed by atoms with E-state index in [0.29, 0.717) is 23.8 Å². The lowest BCUT2D eigenvalue weighted by Crippen LogP contribution is -2.30. The van der Waals surface area contributed by atoms with Gasteiger partial charge in [0, 0.05) is 36.4 Å². The van der Waals surface area contributed by atoms with E-state index in [1.54, 1.807) is 43.6 Å². The average molecular weight is 448 g/mol. The zero-order chi connectivity index (χ0) is 22.5. The molecule has 2 aromatic carbocycles. The van der Waals surface area contributed by atoms with Crippen LogP contribution in [0, 0.1) is 0 Å². The molecule has 7 heteroatoms. The fourth-order valence-electron chi connectivity index (χ4n) is 3.44. The van der Waals surface area contributed by atoms with Crippen molar-refractivity contribution in [3.8, 4) is 11.5 Å². The molecular formula is C25H22ClN3O3. The Hall–Kier alpha value is -3.64. The van der Waals surface area contributed by atoms with Crippen molar-refractivity contribution in [2.45, 2.75) is 13.1 Å². The van der Waals surface area contributed by atoms with E-state index in [0.717, 1.165) is 33.5 Å². The van der Waals surface area contributed by atoms with Crippen LogP contribution in [0.1, 0.15) is 21.5 Å². The molecule has 32 heavy (non-hydrogen) atoms. The van der Waals surface area contributed by atoms with Gasteiger partial charge in [-0.1, -0.05) is 23.7 Å². The smallest absolute Gasteiger partial charge is 0.256 e. The fourth-order valence-corrected chi connectivity index (χ4v) is 3.65. The highest BCUT2D eigenvalue weighted by molar-refractivity contribution is 6.30. The summed E-state index contributed by atoms with van der Waals surface area (Å²) in [5, 5.41) is 1.25. The maximum Gasteiger partial charge on any atom is 0.256 e. The lowest BCUT2D eigenvalue weighted by atomic mass is 10.1. The molecule has 6 nitrogen and oxygen atoms in total. The second-order valence-electron chi connectivity index (χ2n) is 7.25. The van der Waals surface area contributed by atoms with E-state index in [1.165, 1.54) is 0 Å². The van der Waals surface area contributed by atoms with Gasteiger partial charge < -0.3 is 14.4 Å². The van der Waals surface area contributed by atoms with Crippen molar-refractivity contribution in [2.75, 3.05) is 14.2 Å². The van der Waals surface area contributed by atoms with E-state index in [-0.39, 0.29) is 5.91 Å². The minimum Gasteiger partial charge on any atom is -0.497 e. The van der Waals surface area contributed by atoms with E-state index in [4.69, 9.17) is 21.1 Å². The largest absolute Gasteiger partial charge is 0.497 e. The first-order valence-electron chi connectivity index (χ1n) is 10.0. The monoisotopic (exact) mass is 447 g/mol. The van der Waals surface area contributed by atoms with Crippen molar-refractivity contribution in [1.82, 2.24) is 14.9 Å². The number of rotatable bonds is 7. The molecule has 0 aliphatic rings. The van der Waals surface area contributed by atoms with Gasteiger partial charge >= 0.3 is 0 Å². The summed E-state index contributed by atoms with van der Waals surface area (Å²) >= 11 is 6.51. The van der Waals surface area contributed by atoms with Gasteiger partial charge in [-0.05, 0) is 54.1 Å². The zero-order valence-corrected chi connectivity index (χ0v) is 18.5. The third kappa shape index (κ3) is 4.81. The van der Waals surface area contributed by atoms with Crippen LogP contribution < -0.4 is 9.47 Å². The van der Waals surface area contributed by atoms with E-state index in [2.05, 4.69) is 9.97 Å². The van der Waals surface area contributed by atoms with Gasteiger partial charge in [-0.15, -0.1) is 0 Å². The van der Waals surface area contributed by atoms with Crippen molar-refractivity contribution >= 4 is 28.4 Å². The van der Waals surface area contributed by atoms with E-state index in [9.17, 15) is 4.79 Å². The molecule has 0 N–H and O–H groups in total. The Morgan fingerprint density at radius 1 is 0.969 bits per heavy atom. The number of carbonyl (C=O) groups is 1. The van der Waals surface area contributed by atoms with Crippen LogP contribution in [0.2, 0.25) is 5.15 Å². The highest BCUT2D eigenvalue weighted by atomic mass is 35.5. The maximum atomic E-state index is 13.3. The lowest BCUT2D eigenvalue weighted by molar-refractivity contribution is 0.0729. The van der Waals surface area contributed by atoms with Gasteiger partial charge in [0.1, 0.15) is 16.7 Å². The molecule has 0 aliphatic carbocycles. The molecule has 1 amide bonds. The zero-order valence-electron chi connectivity index (χ0n) is 17.8. The number of ether oxygens (including phenoxy) is 2. The minimum atomic E-state index is -0.143. The third-order valence-electron chi connectivity index (χ3n) is 5.14. The number of fused-ring (bicyclic) bond motifs is 1. The molecule has 0 saturated heterocycles.